The Hall–Kier alpha value is -1.17. The number of halogens is 1. The van der Waals surface area contributed by atoms with Crippen LogP contribution in [0, 0.1) is 5.41 Å². The second-order valence-electron chi connectivity index (χ2n) is 7.07. The Morgan fingerprint density at radius 3 is 2.50 bits per heavy atom. The van der Waals surface area contributed by atoms with Gasteiger partial charge in [-0.2, -0.15) is 0 Å². The van der Waals surface area contributed by atoms with E-state index in [1.54, 1.807) is 12.0 Å². The molecule has 6 heteroatoms. The molecule has 5 nitrogen and oxygen atoms in total. The third-order valence-corrected chi connectivity index (χ3v) is 5.50. The van der Waals surface area contributed by atoms with Gasteiger partial charge in [-0.3, -0.25) is 9.59 Å². The highest BCUT2D eigenvalue weighted by Gasteiger charge is 2.54. The van der Waals surface area contributed by atoms with Crippen LogP contribution in [-0.2, 0) is 14.3 Å². The Morgan fingerprint density at radius 1 is 1.23 bits per heavy atom. The number of methoxy groups -OCH3 is 1. The van der Waals surface area contributed by atoms with E-state index in [0.717, 1.165) is 25.8 Å². The first-order valence-electron chi connectivity index (χ1n) is 8.23. The molecule has 3 fully saturated rings. The van der Waals surface area contributed by atoms with Crippen LogP contribution in [0.15, 0.2) is 0 Å². The van der Waals surface area contributed by atoms with Gasteiger partial charge in [0, 0.05) is 39.7 Å². The minimum Gasteiger partial charge on any atom is -0.383 e. The summed E-state index contributed by atoms with van der Waals surface area (Å²) < 4.78 is 19.0. The molecule has 3 rings (SSSR count). The summed E-state index contributed by atoms with van der Waals surface area (Å²) in [6.45, 7) is 3.18. The Bertz CT molecular complexity index is 456. The van der Waals surface area contributed by atoms with Gasteiger partial charge in [-0.1, -0.05) is 0 Å². The van der Waals surface area contributed by atoms with Crippen LogP contribution in [0.3, 0.4) is 0 Å². The van der Waals surface area contributed by atoms with Crippen molar-refractivity contribution in [1.82, 2.24) is 9.80 Å². The summed E-state index contributed by atoms with van der Waals surface area (Å²) in [7, 11) is 1.64. The molecule has 1 saturated carbocycles. The van der Waals surface area contributed by atoms with Crippen LogP contribution < -0.4 is 0 Å². The second kappa shape index (κ2) is 5.80. The van der Waals surface area contributed by atoms with Crippen LogP contribution in [0.1, 0.15) is 38.5 Å². The molecule has 2 aliphatic heterocycles. The lowest BCUT2D eigenvalue weighted by Crippen LogP contribution is -2.54. The van der Waals surface area contributed by atoms with Gasteiger partial charge in [-0.15, -0.1) is 0 Å². The molecule has 0 aromatic carbocycles. The maximum Gasteiger partial charge on any atom is 0.260 e. The molecule has 0 atom stereocenters. The van der Waals surface area contributed by atoms with Gasteiger partial charge >= 0.3 is 0 Å². The van der Waals surface area contributed by atoms with Crippen molar-refractivity contribution in [2.75, 3.05) is 39.9 Å². The van der Waals surface area contributed by atoms with E-state index in [4.69, 9.17) is 4.74 Å². The number of likely N-dealkylation sites (tertiary alicyclic amines) is 2. The van der Waals surface area contributed by atoms with Crippen LogP contribution in [0.25, 0.3) is 0 Å². The molecule has 2 saturated heterocycles. The van der Waals surface area contributed by atoms with Gasteiger partial charge in [0.1, 0.15) is 0 Å². The van der Waals surface area contributed by atoms with E-state index in [0.29, 0.717) is 45.5 Å². The molecule has 1 spiro atoms. The monoisotopic (exact) mass is 312 g/mol. The third kappa shape index (κ3) is 2.98. The zero-order valence-electron chi connectivity index (χ0n) is 13.3. The summed E-state index contributed by atoms with van der Waals surface area (Å²) in [5, 5.41) is 0. The van der Waals surface area contributed by atoms with Gasteiger partial charge in [-0.05, 0) is 37.5 Å². The number of nitrogens with zero attached hydrogens (tertiary/aromatic N) is 2. The number of carbonyl (C=O) groups excluding carboxylic acids is 2. The topological polar surface area (TPSA) is 49.9 Å². The molecule has 0 bridgehead atoms. The van der Waals surface area contributed by atoms with Crippen LogP contribution in [0.5, 0.6) is 0 Å². The van der Waals surface area contributed by atoms with Gasteiger partial charge in [0.15, 0.2) is 5.67 Å². The smallest absolute Gasteiger partial charge is 0.260 e. The highest BCUT2D eigenvalue weighted by molar-refractivity contribution is 5.88. The van der Waals surface area contributed by atoms with Crippen molar-refractivity contribution < 1.29 is 18.7 Å². The predicted molar refractivity (Wildman–Crippen MR) is 79.0 cm³/mol. The summed E-state index contributed by atoms with van der Waals surface area (Å²) in [5.41, 5.74) is -1.46. The molecular weight excluding hydrogens is 287 g/mol. The summed E-state index contributed by atoms with van der Waals surface area (Å²) in [4.78, 5) is 27.7. The molecule has 3 aliphatic rings. The van der Waals surface area contributed by atoms with Crippen LogP contribution in [0.4, 0.5) is 4.39 Å². The average Bonchev–Trinajstić information content (AvgIpc) is 3.28. The first-order valence-corrected chi connectivity index (χ1v) is 8.23. The van der Waals surface area contributed by atoms with Gasteiger partial charge in [0.05, 0.1) is 6.61 Å². The van der Waals surface area contributed by atoms with Gasteiger partial charge in [0.2, 0.25) is 5.91 Å². The lowest BCUT2D eigenvalue weighted by molar-refractivity contribution is -0.146. The molecule has 0 N–H and O–H groups in total. The van der Waals surface area contributed by atoms with Crippen LogP contribution in [0.2, 0.25) is 0 Å². The maximum absolute atomic E-state index is 13.9. The number of amides is 2. The predicted octanol–water partition coefficient (Wildman–Crippen LogP) is 1.37. The molecular formula is C16H25FN2O3. The molecule has 1 aliphatic carbocycles. The van der Waals surface area contributed by atoms with Crippen molar-refractivity contribution in [1.29, 1.82) is 0 Å². The summed E-state index contributed by atoms with van der Waals surface area (Å²) in [6.07, 6.45) is 3.96. The first-order chi connectivity index (χ1) is 10.5. The first kappa shape index (κ1) is 15.7. The van der Waals surface area contributed by atoms with Crippen molar-refractivity contribution in [3.8, 4) is 0 Å². The molecule has 0 radical (unpaired) electrons. The second-order valence-corrected chi connectivity index (χ2v) is 7.07. The third-order valence-electron chi connectivity index (χ3n) is 5.50. The van der Waals surface area contributed by atoms with Crippen molar-refractivity contribution in [2.24, 2.45) is 5.41 Å². The number of ether oxygens (including phenoxy) is 1. The number of rotatable bonds is 4. The number of alkyl halides is 1. The summed E-state index contributed by atoms with van der Waals surface area (Å²) >= 11 is 0. The van der Waals surface area contributed by atoms with E-state index >= 15 is 0 Å². The average molecular weight is 312 g/mol. The van der Waals surface area contributed by atoms with E-state index in [2.05, 4.69) is 0 Å². The fourth-order valence-corrected chi connectivity index (χ4v) is 3.71. The molecule has 22 heavy (non-hydrogen) atoms. The number of hydrogen-bond donors (Lipinski definition) is 0. The fourth-order valence-electron chi connectivity index (χ4n) is 3.71. The molecule has 0 aromatic rings. The van der Waals surface area contributed by atoms with Crippen molar-refractivity contribution in [2.45, 2.75) is 44.2 Å². The van der Waals surface area contributed by atoms with Gasteiger partial charge in [0.25, 0.3) is 5.91 Å². The minimum absolute atomic E-state index is 0.103. The van der Waals surface area contributed by atoms with Gasteiger partial charge in [-0.25, -0.2) is 4.39 Å². The standard InChI is InChI=1S/C16H25FN2O3/c1-22-11-10-19-12-15(3-2-13(19)20)6-8-18(9-7-15)14(21)16(17)4-5-16/h2-12H2,1H3. The van der Waals surface area contributed by atoms with E-state index in [1.807, 2.05) is 4.90 Å². The Kier molecular flexibility index (Phi) is 4.14. The van der Waals surface area contributed by atoms with Crippen molar-refractivity contribution in [3.05, 3.63) is 0 Å². The lowest BCUT2D eigenvalue weighted by atomic mass is 9.72. The number of carbonyl (C=O) groups is 2. The van der Waals surface area contributed by atoms with E-state index in [9.17, 15) is 14.0 Å². The Balaban J connectivity index is 1.57. The van der Waals surface area contributed by atoms with E-state index < -0.39 is 5.67 Å². The zero-order valence-corrected chi connectivity index (χ0v) is 13.3. The minimum atomic E-state index is -1.56. The Labute approximate surface area is 130 Å². The fraction of sp³-hybridized carbons (Fsp3) is 0.875. The lowest BCUT2D eigenvalue weighted by Gasteiger charge is -2.47. The van der Waals surface area contributed by atoms with E-state index in [1.165, 1.54) is 0 Å². The largest absolute Gasteiger partial charge is 0.383 e. The Morgan fingerprint density at radius 2 is 1.91 bits per heavy atom. The molecule has 2 amide bonds. The molecule has 2 heterocycles. The van der Waals surface area contributed by atoms with Crippen LogP contribution in [-0.4, -0.2) is 67.2 Å². The molecule has 0 unspecified atom stereocenters. The van der Waals surface area contributed by atoms with E-state index in [-0.39, 0.29) is 17.2 Å². The van der Waals surface area contributed by atoms with Gasteiger partial charge < -0.3 is 14.5 Å². The highest BCUT2D eigenvalue weighted by atomic mass is 19.1. The highest BCUT2D eigenvalue weighted by Crippen LogP contribution is 2.44. The zero-order chi connectivity index (χ0) is 15.8. The molecule has 0 aromatic heterocycles. The van der Waals surface area contributed by atoms with Crippen molar-refractivity contribution >= 4 is 11.8 Å². The number of piperidine rings is 2. The molecule has 124 valence electrons. The summed E-state index contributed by atoms with van der Waals surface area (Å²) in [6, 6.07) is 0. The SMILES string of the molecule is COCCN1CC2(CCC1=O)CCN(C(=O)C1(F)CC1)CC2. The van der Waals surface area contributed by atoms with Crippen molar-refractivity contribution in [3.63, 3.8) is 0 Å². The summed E-state index contributed by atoms with van der Waals surface area (Å²) in [5.74, 6) is -0.118. The number of hydrogen-bond acceptors (Lipinski definition) is 3. The van der Waals surface area contributed by atoms with Crippen LogP contribution >= 0.6 is 0 Å². The quantitative estimate of drug-likeness (QED) is 0.788. The normalized spacial score (nSPS) is 26.4. The maximum atomic E-state index is 13.9.